The van der Waals surface area contributed by atoms with E-state index in [0.717, 1.165) is 19.3 Å². The summed E-state index contributed by atoms with van der Waals surface area (Å²) < 4.78 is 5.03. The van der Waals surface area contributed by atoms with E-state index in [1.165, 1.54) is 5.57 Å². The molecule has 1 amide bonds. The third-order valence-corrected chi connectivity index (χ3v) is 2.59. The van der Waals surface area contributed by atoms with E-state index in [9.17, 15) is 9.59 Å². The fraction of sp³-hybridized carbons (Fsp3) is 0.538. The van der Waals surface area contributed by atoms with Crippen molar-refractivity contribution >= 4 is 11.9 Å². The van der Waals surface area contributed by atoms with Crippen LogP contribution in [0.3, 0.4) is 0 Å². The van der Waals surface area contributed by atoms with E-state index in [1.807, 2.05) is 6.08 Å². The lowest BCUT2D eigenvalue weighted by atomic mass is 10.1. The smallest absolute Gasteiger partial charge is 0.306 e. The second kappa shape index (κ2) is 7.65. The van der Waals surface area contributed by atoms with Gasteiger partial charge in [0.05, 0.1) is 13.0 Å². The molecule has 0 spiro atoms. The van der Waals surface area contributed by atoms with Crippen LogP contribution < -0.4 is 5.32 Å². The number of nitrogens with one attached hydrogen (secondary N) is 1. The Morgan fingerprint density at radius 3 is 2.88 bits per heavy atom. The Labute approximate surface area is 102 Å². The molecule has 1 aliphatic carbocycles. The first-order chi connectivity index (χ1) is 8.22. The number of carbonyl (C=O) groups excluding carboxylic acids is 2. The molecule has 17 heavy (non-hydrogen) atoms. The molecule has 0 radical (unpaired) electrons. The Hall–Kier alpha value is -1.58. The van der Waals surface area contributed by atoms with Crippen molar-refractivity contribution in [1.82, 2.24) is 5.32 Å². The number of hydrogen-bond acceptors (Lipinski definition) is 3. The van der Waals surface area contributed by atoms with Gasteiger partial charge in [0.15, 0.2) is 0 Å². The van der Waals surface area contributed by atoms with Gasteiger partial charge < -0.3 is 10.1 Å². The molecule has 0 saturated carbocycles. The summed E-state index contributed by atoms with van der Waals surface area (Å²) in [6, 6.07) is 0. The third-order valence-electron chi connectivity index (χ3n) is 2.59. The van der Waals surface area contributed by atoms with Gasteiger partial charge in [-0.25, -0.2) is 0 Å². The Bertz CT molecular complexity index is 332. The molecule has 0 fully saturated rings. The van der Waals surface area contributed by atoms with Crippen LogP contribution in [-0.2, 0) is 14.3 Å². The second-order valence-electron chi connectivity index (χ2n) is 3.95. The van der Waals surface area contributed by atoms with Gasteiger partial charge in [-0.1, -0.05) is 23.8 Å². The highest BCUT2D eigenvalue weighted by Gasteiger charge is 2.06. The molecule has 1 rings (SSSR count). The zero-order valence-corrected chi connectivity index (χ0v) is 10.2. The van der Waals surface area contributed by atoms with E-state index < -0.39 is 0 Å². The second-order valence-corrected chi connectivity index (χ2v) is 3.95. The Balaban J connectivity index is 1.98. The number of hydrogen-bond donors (Lipinski definition) is 1. The first-order valence-electron chi connectivity index (χ1n) is 5.93. The topological polar surface area (TPSA) is 55.4 Å². The minimum atomic E-state index is -0.299. The zero-order valence-electron chi connectivity index (χ0n) is 10.2. The molecule has 1 aliphatic rings. The van der Waals surface area contributed by atoms with Crippen molar-refractivity contribution in [2.24, 2.45) is 0 Å². The number of allylic oxidation sites excluding steroid dienone is 4. The molecule has 4 heteroatoms. The van der Waals surface area contributed by atoms with E-state index in [2.05, 4.69) is 17.5 Å². The standard InChI is InChI=1S/C13H19NO3/c1-14-12(15)8-9-13(16)17-10-4-7-11-5-2-3-6-11/h2-3,5H,4,6-10H2,1H3,(H,14,15). The van der Waals surface area contributed by atoms with Crippen molar-refractivity contribution in [2.45, 2.75) is 32.1 Å². The Morgan fingerprint density at radius 1 is 1.41 bits per heavy atom. The van der Waals surface area contributed by atoms with E-state index in [4.69, 9.17) is 4.74 Å². The van der Waals surface area contributed by atoms with Gasteiger partial charge in [-0.15, -0.1) is 0 Å². The van der Waals surface area contributed by atoms with Crippen molar-refractivity contribution in [3.05, 3.63) is 23.8 Å². The summed E-state index contributed by atoms with van der Waals surface area (Å²) in [4.78, 5) is 22.1. The average molecular weight is 237 g/mol. The van der Waals surface area contributed by atoms with Crippen LogP contribution in [0.5, 0.6) is 0 Å². The maximum absolute atomic E-state index is 11.2. The summed E-state index contributed by atoms with van der Waals surface area (Å²) in [5.74, 6) is -0.434. The first kappa shape index (κ1) is 13.5. The van der Waals surface area contributed by atoms with Gasteiger partial charge in [-0.05, 0) is 19.3 Å². The van der Waals surface area contributed by atoms with Crippen molar-refractivity contribution < 1.29 is 14.3 Å². The predicted molar refractivity (Wildman–Crippen MR) is 65.3 cm³/mol. The maximum Gasteiger partial charge on any atom is 0.306 e. The predicted octanol–water partition coefficient (Wildman–Crippen LogP) is 1.72. The van der Waals surface area contributed by atoms with Crippen LogP contribution >= 0.6 is 0 Å². The number of carbonyl (C=O) groups is 2. The molecule has 0 unspecified atom stereocenters. The van der Waals surface area contributed by atoms with Gasteiger partial charge in [-0.3, -0.25) is 9.59 Å². The summed E-state index contributed by atoms with van der Waals surface area (Å²) in [5.41, 5.74) is 1.38. The molecule has 0 saturated heterocycles. The molecule has 0 aliphatic heterocycles. The van der Waals surface area contributed by atoms with E-state index in [1.54, 1.807) is 7.05 Å². The monoisotopic (exact) mass is 237 g/mol. The zero-order chi connectivity index (χ0) is 12.5. The molecule has 94 valence electrons. The lowest BCUT2D eigenvalue weighted by Gasteiger charge is -2.05. The summed E-state index contributed by atoms with van der Waals surface area (Å²) in [6.07, 6.45) is 9.46. The fourth-order valence-electron chi connectivity index (χ4n) is 1.57. The molecular weight excluding hydrogens is 218 g/mol. The summed E-state index contributed by atoms with van der Waals surface area (Å²) in [7, 11) is 1.55. The van der Waals surface area contributed by atoms with Crippen molar-refractivity contribution in [3.63, 3.8) is 0 Å². The summed E-state index contributed by atoms with van der Waals surface area (Å²) in [6.45, 7) is 0.434. The van der Waals surface area contributed by atoms with Gasteiger partial charge in [0.1, 0.15) is 0 Å². The highest BCUT2D eigenvalue weighted by Crippen LogP contribution is 2.15. The van der Waals surface area contributed by atoms with Crippen LogP contribution in [-0.4, -0.2) is 25.5 Å². The van der Waals surface area contributed by atoms with Crippen LogP contribution in [0.4, 0.5) is 0 Å². The van der Waals surface area contributed by atoms with Crippen molar-refractivity contribution in [1.29, 1.82) is 0 Å². The quantitative estimate of drug-likeness (QED) is 0.542. The van der Waals surface area contributed by atoms with Crippen molar-refractivity contribution in [2.75, 3.05) is 13.7 Å². The van der Waals surface area contributed by atoms with Crippen LogP contribution in [0.15, 0.2) is 23.8 Å². The van der Waals surface area contributed by atoms with Crippen molar-refractivity contribution in [3.8, 4) is 0 Å². The highest BCUT2D eigenvalue weighted by molar-refractivity contribution is 5.80. The maximum atomic E-state index is 11.2. The van der Waals surface area contributed by atoms with E-state index in [0.29, 0.717) is 6.61 Å². The summed E-state index contributed by atoms with van der Waals surface area (Å²) in [5, 5.41) is 2.46. The fourth-order valence-corrected chi connectivity index (χ4v) is 1.57. The first-order valence-corrected chi connectivity index (χ1v) is 5.93. The van der Waals surface area contributed by atoms with Crippen LogP contribution in [0.1, 0.15) is 32.1 Å². The molecule has 0 aromatic heterocycles. The highest BCUT2D eigenvalue weighted by atomic mass is 16.5. The normalized spacial score (nSPS) is 13.4. The lowest BCUT2D eigenvalue weighted by molar-refractivity contribution is -0.145. The number of amides is 1. The average Bonchev–Trinajstić information content (AvgIpc) is 2.84. The third kappa shape index (κ3) is 5.90. The molecule has 0 atom stereocenters. The minimum absolute atomic E-state index is 0.135. The molecule has 1 N–H and O–H groups in total. The Morgan fingerprint density at radius 2 is 2.24 bits per heavy atom. The van der Waals surface area contributed by atoms with Gasteiger partial charge in [0.25, 0.3) is 0 Å². The molecule has 0 heterocycles. The van der Waals surface area contributed by atoms with Crippen LogP contribution in [0, 0.1) is 0 Å². The van der Waals surface area contributed by atoms with Gasteiger partial charge in [0.2, 0.25) is 5.91 Å². The molecule has 0 aromatic carbocycles. The molecule has 4 nitrogen and oxygen atoms in total. The minimum Gasteiger partial charge on any atom is -0.466 e. The molecule has 0 bridgehead atoms. The van der Waals surface area contributed by atoms with Gasteiger partial charge >= 0.3 is 5.97 Å². The van der Waals surface area contributed by atoms with Crippen LogP contribution in [0.2, 0.25) is 0 Å². The lowest BCUT2D eigenvalue weighted by Crippen LogP contribution is -2.19. The van der Waals surface area contributed by atoms with E-state index >= 15 is 0 Å². The largest absolute Gasteiger partial charge is 0.466 e. The SMILES string of the molecule is CNC(=O)CCC(=O)OCCCC1=CC=CC1. The number of ether oxygens (including phenoxy) is 1. The number of esters is 1. The van der Waals surface area contributed by atoms with Gasteiger partial charge in [-0.2, -0.15) is 0 Å². The van der Waals surface area contributed by atoms with Gasteiger partial charge in [0, 0.05) is 13.5 Å². The molecular formula is C13H19NO3. The van der Waals surface area contributed by atoms with E-state index in [-0.39, 0.29) is 24.7 Å². The molecule has 0 aromatic rings. The number of rotatable bonds is 7. The summed E-state index contributed by atoms with van der Waals surface area (Å²) >= 11 is 0. The van der Waals surface area contributed by atoms with Crippen LogP contribution in [0.25, 0.3) is 0 Å². The Kier molecular flexibility index (Phi) is 6.07.